The summed E-state index contributed by atoms with van der Waals surface area (Å²) in [6, 6.07) is 10.9. The lowest BCUT2D eigenvalue weighted by Crippen LogP contribution is -2.25. The van der Waals surface area contributed by atoms with Crippen LogP contribution in [0, 0.1) is 12.7 Å². The summed E-state index contributed by atoms with van der Waals surface area (Å²) in [6.45, 7) is 2.21. The van der Waals surface area contributed by atoms with Gasteiger partial charge in [0.25, 0.3) is 5.91 Å². The molecule has 0 unspecified atom stereocenters. The summed E-state index contributed by atoms with van der Waals surface area (Å²) < 4.78 is 38.3. The van der Waals surface area contributed by atoms with E-state index in [0.717, 1.165) is 29.5 Å². The number of carbonyl (C=O) groups is 1. The lowest BCUT2D eigenvalue weighted by Gasteiger charge is -2.11. The van der Waals surface area contributed by atoms with Gasteiger partial charge in [0.2, 0.25) is 10.0 Å². The molecule has 2 N–H and O–H groups in total. The Morgan fingerprint density at radius 2 is 1.78 bits per heavy atom. The Morgan fingerprint density at radius 1 is 1.13 bits per heavy atom. The summed E-state index contributed by atoms with van der Waals surface area (Å²) in [7, 11) is -3.57. The molecule has 0 aromatic heterocycles. The molecule has 0 saturated heterocycles. The molecule has 122 valence electrons. The van der Waals surface area contributed by atoms with Crippen molar-refractivity contribution in [3.05, 3.63) is 65.0 Å². The van der Waals surface area contributed by atoms with Gasteiger partial charge in [-0.15, -0.1) is 0 Å². The number of amides is 1. The van der Waals surface area contributed by atoms with E-state index in [1.54, 1.807) is 0 Å². The van der Waals surface area contributed by atoms with E-state index in [1.165, 1.54) is 6.07 Å². The molecule has 0 bridgehead atoms. The molecule has 0 saturated carbocycles. The number of sulfonamides is 1. The summed E-state index contributed by atoms with van der Waals surface area (Å²) in [5, 5.41) is 2.65. The van der Waals surface area contributed by atoms with E-state index in [1.807, 2.05) is 31.2 Å². The largest absolute Gasteiger partial charge is 0.348 e. The summed E-state index contributed by atoms with van der Waals surface area (Å²) in [6.07, 6.45) is 0.963. The second kappa shape index (κ2) is 6.78. The second-order valence-electron chi connectivity index (χ2n) is 5.23. The van der Waals surface area contributed by atoms with Crippen molar-refractivity contribution in [3.8, 4) is 0 Å². The SMILES string of the molecule is Cc1ccc(CNC(=O)c2cc(F)ccc2NS(C)(=O)=O)cc1. The fraction of sp³-hybridized carbons (Fsp3) is 0.188. The van der Waals surface area contributed by atoms with E-state index in [-0.39, 0.29) is 17.8 Å². The zero-order chi connectivity index (χ0) is 17.0. The fourth-order valence-corrected chi connectivity index (χ4v) is 2.55. The van der Waals surface area contributed by atoms with Crippen LogP contribution in [-0.4, -0.2) is 20.6 Å². The Labute approximate surface area is 134 Å². The molecule has 7 heteroatoms. The number of carbonyl (C=O) groups excluding carboxylic acids is 1. The molecule has 2 aromatic rings. The van der Waals surface area contributed by atoms with Gasteiger partial charge < -0.3 is 5.32 Å². The van der Waals surface area contributed by atoms with Gasteiger partial charge in [-0.25, -0.2) is 12.8 Å². The van der Waals surface area contributed by atoms with Crippen molar-refractivity contribution in [2.24, 2.45) is 0 Å². The van der Waals surface area contributed by atoms with Gasteiger partial charge in [-0.2, -0.15) is 0 Å². The van der Waals surface area contributed by atoms with Crippen LogP contribution >= 0.6 is 0 Å². The minimum atomic E-state index is -3.57. The van der Waals surface area contributed by atoms with E-state index >= 15 is 0 Å². The second-order valence-corrected chi connectivity index (χ2v) is 6.98. The van der Waals surface area contributed by atoms with Gasteiger partial charge in [0.05, 0.1) is 17.5 Å². The van der Waals surface area contributed by atoms with Crippen molar-refractivity contribution in [3.63, 3.8) is 0 Å². The number of anilines is 1. The number of nitrogens with one attached hydrogen (secondary N) is 2. The van der Waals surface area contributed by atoms with E-state index in [0.29, 0.717) is 0 Å². The van der Waals surface area contributed by atoms with Crippen LogP contribution in [0.4, 0.5) is 10.1 Å². The molecule has 0 atom stereocenters. The molecule has 0 radical (unpaired) electrons. The van der Waals surface area contributed by atoms with Crippen molar-refractivity contribution in [1.29, 1.82) is 0 Å². The number of benzene rings is 2. The zero-order valence-corrected chi connectivity index (χ0v) is 13.6. The Balaban J connectivity index is 2.17. The predicted octanol–water partition coefficient (Wildman–Crippen LogP) is 2.44. The third kappa shape index (κ3) is 5.07. The Bertz CT molecular complexity index is 818. The summed E-state index contributed by atoms with van der Waals surface area (Å²) in [4.78, 5) is 12.2. The van der Waals surface area contributed by atoms with Gasteiger partial charge in [0.1, 0.15) is 5.82 Å². The first-order valence-corrected chi connectivity index (χ1v) is 8.75. The molecular formula is C16H17FN2O3S. The molecule has 0 spiro atoms. The lowest BCUT2D eigenvalue weighted by molar-refractivity contribution is 0.0951. The van der Waals surface area contributed by atoms with Crippen molar-refractivity contribution >= 4 is 21.6 Å². The average Bonchev–Trinajstić information content (AvgIpc) is 2.47. The average molecular weight is 336 g/mol. The van der Waals surface area contributed by atoms with Crippen molar-refractivity contribution < 1.29 is 17.6 Å². The molecular weight excluding hydrogens is 319 g/mol. The normalized spacial score (nSPS) is 11.1. The van der Waals surface area contributed by atoms with Gasteiger partial charge in [0, 0.05) is 6.54 Å². The predicted molar refractivity (Wildman–Crippen MR) is 87.2 cm³/mol. The molecule has 1 amide bonds. The van der Waals surface area contributed by atoms with Crippen LogP contribution in [0.5, 0.6) is 0 Å². The highest BCUT2D eigenvalue weighted by atomic mass is 32.2. The lowest BCUT2D eigenvalue weighted by atomic mass is 10.1. The van der Waals surface area contributed by atoms with Gasteiger partial charge in [0.15, 0.2) is 0 Å². The van der Waals surface area contributed by atoms with Crippen LogP contribution < -0.4 is 10.0 Å². The standard InChI is InChI=1S/C16H17FN2O3S/c1-11-3-5-12(6-4-11)10-18-16(20)14-9-13(17)7-8-15(14)19-23(2,21)22/h3-9,19H,10H2,1-2H3,(H,18,20). The molecule has 5 nitrogen and oxygen atoms in total. The van der Waals surface area contributed by atoms with E-state index in [4.69, 9.17) is 0 Å². The zero-order valence-electron chi connectivity index (χ0n) is 12.8. The Kier molecular flexibility index (Phi) is 5.00. The first-order chi connectivity index (χ1) is 10.7. The molecule has 0 aliphatic rings. The van der Waals surface area contributed by atoms with Crippen LogP contribution in [0.2, 0.25) is 0 Å². The molecule has 2 rings (SSSR count). The highest BCUT2D eigenvalue weighted by Gasteiger charge is 2.15. The van der Waals surface area contributed by atoms with Crippen LogP contribution in [0.25, 0.3) is 0 Å². The fourth-order valence-electron chi connectivity index (χ4n) is 1.98. The summed E-state index contributed by atoms with van der Waals surface area (Å²) >= 11 is 0. The quantitative estimate of drug-likeness (QED) is 0.880. The summed E-state index contributed by atoms with van der Waals surface area (Å²) in [5.41, 5.74) is 1.96. The van der Waals surface area contributed by atoms with Gasteiger partial charge in [-0.1, -0.05) is 29.8 Å². The van der Waals surface area contributed by atoms with Crippen LogP contribution in [0.3, 0.4) is 0 Å². The maximum Gasteiger partial charge on any atom is 0.253 e. The van der Waals surface area contributed by atoms with E-state index in [2.05, 4.69) is 10.0 Å². The molecule has 0 fully saturated rings. The molecule has 0 heterocycles. The maximum absolute atomic E-state index is 13.4. The van der Waals surface area contributed by atoms with E-state index in [9.17, 15) is 17.6 Å². The van der Waals surface area contributed by atoms with Crippen molar-refractivity contribution in [2.45, 2.75) is 13.5 Å². The number of aryl methyl sites for hydroxylation is 1. The van der Waals surface area contributed by atoms with Gasteiger partial charge in [-0.05, 0) is 30.7 Å². The third-order valence-electron chi connectivity index (χ3n) is 3.10. The number of halogens is 1. The first-order valence-electron chi connectivity index (χ1n) is 6.86. The topological polar surface area (TPSA) is 75.3 Å². The number of hydrogen-bond acceptors (Lipinski definition) is 3. The molecule has 23 heavy (non-hydrogen) atoms. The summed E-state index contributed by atoms with van der Waals surface area (Å²) in [5.74, 6) is -1.18. The third-order valence-corrected chi connectivity index (χ3v) is 3.69. The molecule has 2 aromatic carbocycles. The number of hydrogen-bond donors (Lipinski definition) is 2. The van der Waals surface area contributed by atoms with Gasteiger partial charge in [-0.3, -0.25) is 9.52 Å². The Morgan fingerprint density at radius 3 is 2.39 bits per heavy atom. The van der Waals surface area contributed by atoms with Crippen molar-refractivity contribution in [2.75, 3.05) is 11.0 Å². The van der Waals surface area contributed by atoms with Crippen LogP contribution in [0.15, 0.2) is 42.5 Å². The van der Waals surface area contributed by atoms with Gasteiger partial charge >= 0.3 is 0 Å². The van der Waals surface area contributed by atoms with E-state index < -0.39 is 21.7 Å². The molecule has 0 aliphatic heterocycles. The Hall–Kier alpha value is -2.41. The highest BCUT2D eigenvalue weighted by molar-refractivity contribution is 7.92. The first kappa shape index (κ1) is 17.0. The number of rotatable bonds is 5. The minimum Gasteiger partial charge on any atom is -0.348 e. The monoisotopic (exact) mass is 336 g/mol. The maximum atomic E-state index is 13.4. The smallest absolute Gasteiger partial charge is 0.253 e. The highest BCUT2D eigenvalue weighted by Crippen LogP contribution is 2.18. The van der Waals surface area contributed by atoms with Crippen molar-refractivity contribution in [1.82, 2.24) is 5.32 Å². The van der Waals surface area contributed by atoms with Crippen LogP contribution in [0.1, 0.15) is 21.5 Å². The van der Waals surface area contributed by atoms with Crippen LogP contribution in [-0.2, 0) is 16.6 Å². The molecule has 0 aliphatic carbocycles. The minimum absolute atomic E-state index is 0.0373.